The maximum Gasteiger partial charge on any atom is 0.270 e. The summed E-state index contributed by atoms with van der Waals surface area (Å²) in [6, 6.07) is 27.2. The fourth-order valence-electron chi connectivity index (χ4n) is 6.02. The molecule has 0 saturated carbocycles. The van der Waals surface area contributed by atoms with Crippen molar-refractivity contribution in [3.63, 3.8) is 0 Å². The Balaban J connectivity index is 0.994. The van der Waals surface area contributed by atoms with E-state index < -0.39 is 35.5 Å². The summed E-state index contributed by atoms with van der Waals surface area (Å²) >= 11 is 0. The molecule has 15 heteroatoms. The van der Waals surface area contributed by atoms with Crippen LogP contribution in [-0.2, 0) is 0 Å². The van der Waals surface area contributed by atoms with Crippen LogP contribution in [0.3, 0.4) is 0 Å². The van der Waals surface area contributed by atoms with E-state index in [0.29, 0.717) is 33.7 Å². The second kappa shape index (κ2) is 16.2. The van der Waals surface area contributed by atoms with E-state index in [-0.39, 0.29) is 34.3 Å². The first kappa shape index (κ1) is 37.4. The second-order valence-corrected chi connectivity index (χ2v) is 12.5. The van der Waals surface area contributed by atoms with Gasteiger partial charge in [0.05, 0.1) is 25.3 Å². The minimum absolute atomic E-state index is 0.0327. The van der Waals surface area contributed by atoms with Crippen molar-refractivity contribution in [3.8, 4) is 34.4 Å². The molecule has 15 nitrogen and oxygen atoms in total. The number of benzene rings is 4. The lowest BCUT2D eigenvalue weighted by molar-refractivity contribution is 0.0882. The van der Waals surface area contributed by atoms with E-state index in [4.69, 9.17) is 24.7 Å². The Morgan fingerprint density at radius 2 is 0.982 bits per heavy atom. The molecule has 7 rings (SSSR count). The van der Waals surface area contributed by atoms with E-state index in [1.807, 2.05) is 24.3 Å². The molecule has 0 spiro atoms. The number of ether oxygens (including phenoxy) is 2. The van der Waals surface area contributed by atoms with E-state index in [2.05, 4.69) is 30.8 Å². The minimum atomic E-state index is -1.26. The first-order valence-corrected chi connectivity index (χ1v) is 17.3. The highest BCUT2D eigenvalue weighted by atomic mass is 16.5. The second-order valence-electron chi connectivity index (χ2n) is 12.5. The number of fused-ring (bicyclic) bond motifs is 2. The van der Waals surface area contributed by atoms with E-state index >= 15 is 0 Å². The summed E-state index contributed by atoms with van der Waals surface area (Å²) < 4.78 is 16.7. The number of methoxy groups -OCH3 is 2. The Morgan fingerprint density at radius 3 is 1.35 bits per heavy atom. The summed E-state index contributed by atoms with van der Waals surface area (Å²) in [5.74, 6) is -1.13. The number of carbonyl (C=O) groups excluding carboxylic acids is 4. The normalized spacial score (nSPS) is 12.0. The zero-order valence-corrected chi connectivity index (χ0v) is 30.3. The van der Waals surface area contributed by atoms with E-state index in [9.17, 15) is 19.2 Å². The summed E-state index contributed by atoms with van der Waals surface area (Å²) in [5, 5.41) is 30.5. The Hall–Kier alpha value is -7.94. The summed E-state index contributed by atoms with van der Waals surface area (Å²) in [5.41, 5.74) is 2.61. The molecule has 3 aromatic heterocycles. The number of carbonyl (C=O) groups is 4. The van der Waals surface area contributed by atoms with Crippen molar-refractivity contribution in [2.24, 2.45) is 0 Å². The highest BCUT2D eigenvalue weighted by Crippen LogP contribution is 2.28. The lowest BCUT2D eigenvalue weighted by Gasteiger charge is -2.14. The third-order valence-corrected chi connectivity index (χ3v) is 8.99. The molecule has 0 aliphatic carbocycles. The van der Waals surface area contributed by atoms with Crippen molar-refractivity contribution in [3.05, 3.63) is 132 Å². The number of Topliss-reactive ketones (excluding diaryl/α,β-unsaturated/α-hetero) is 2. The number of rotatable bonds is 14. The molecule has 4 aromatic carbocycles. The molecule has 0 unspecified atom stereocenters. The first-order chi connectivity index (χ1) is 27.7. The smallest absolute Gasteiger partial charge is 0.270 e. The number of hydrogen-bond donors (Lipinski definition) is 4. The molecule has 0 bridgehead atoms. The lowest BCUT2D eigenvalue weighted by atomic mass is 10.0. The lowest BCUT2D eigenvalue weighted by Crippen LogP contribution is -2.42. The summed E-state index contributed by atoms with van der Waals surface area (Å²) in [6.45, 7) is 0. The van der Waals surface area contributed by atoms with Gasteiger partial charge in [-0.1, -0.05) is 48.5 Å². The molecule has 2 atom stereocenters. The zero-order valence-electron chi connectivity index (χ0n) is 30.3. The SMILES string of the molecule is COc1cc(C(=O)N[C@@H](C=N)C(=O)c2ccc(-c3nnc(-c4ccc(C(=O)[C@H](C=N)NC(=O)c5cc(OC)c6ccccc6n5)cc4)o3)cc2)nc2ccccc12. The van der Waals surface area contributed by atoms with E-state index in [0.717, 1.165) is 23.2 Å². The van der Waals surface area contributed by atoms with Gasteiger partial charge >= 0.3 is 0 Å². The van der Waals surface area contributed by atoms with Gasteiger partial charge in [-0.3, -0.25) is 19.2 Å². The predicted octanol–water partition coefficient (Wildman–Crippen LogP) is 5.78. The number of nitrogens with one attached hydrogen (secondary N) is 4. The van der Waals surface area contributed by atoms with Crippen LogP contribution in [0.5, 0.6) is 11.5 Å². The van der Waals surface area contributed by atoms with Gasteiger partial charge in [0, 0.05) is 57.6 Å². The number of aromatic nitrogens is 4. The van der Waals surface area contributed by atoms with Gasteiger partial charge < -0.3 is 35.3 Å². The number of para-hydroxylation sites is 2. The first-order valence-electron chi connectivity index (χ1n) is 17.3. The van der Waals surface area contributed by atoms with E-state index in [1.54, 1.807) is 48.5 Å². The number of amides is 2. The standard InChI is InChI=1S/C42H32N8O7/c1-55-35-19-31(45-29-9-5-3-7-27(29)35)39(53)47-33(21-43)37(51)23-11-15-25(16-12-23)41-49-50-42(57-41)26-17-13-24(14-18-26)38(52)34(22-44)48-40(54)32-20-36(56-2)28-8-4-6-10-30(28)46-32/h3-22,33-34,43-44H,1-2H3,(H,47,53)(H,48,54)/t33-,34-/m0/s1. The van der Waals surface area contributed by atoms with Crippen LogP contribution in [0.4, 0.5) is 0 Å². The van der Waals surface area contributed by atoms with Gasteiger partial charge in [-0.2, -0.15) is 0 Å². The highest BCUT2D eigenvalue weighted by Gasteiger charge is 2.25. The number of nitrogens with zero attached hydrogens (tertiary/aromatic N) is 4. The molecule has 0 aliphatic heterocycles. The van der Waals surface area contributed by atoms with Crippen LogP contribution in [0.2, 0.25) is 0 Å². The zero-order chi connectivity index (χ0) is 40.1. The van der Waals surface area contributed by atoms with Crippen molar-refractivity contribution >= 4 is 57.6 Å². The largest absolute Gasteiger partial charge is 0.496 e. The van der Waals surface area contributed by atoms with Crippen LogP contribution >= 0.6 is 0 Å². The molecule has 7 aromatic rings. The average molecular weight is 761 g/mol. The van der Waals surface area contributed by atoms with Crippen molar-refractivity contribution in [2.75, 3.05) is 14.2 Å². The molecule has 0 saturated heterocycles. The average Bonchev–Trinajstić information content (AvgIpc) is 3.76. The molecular formula is C42H32N8O7. The quantitative estimate of drug-likeness (QED) is 0.0768. The Labute approximate surface area is 324 Å². The monoisotopic (exact) mass is 760 g/mol. The third kappa shape index (κ3) is 7.70. The van der Waals surface area contributed by atoms with Crippen LogP contribution in [-0.4, -0.2) is 82.3 Å². The van der Waals surface area contributed by atoms with Gasteiger partial charge in [-0.25, -0.2) is 9.97 Å². The molecule has 0 aliphatic rings. The van der Waals surface area contributed by atoms with Crippen LogP contribution in [0.15, 0.2) is 114 Å². The van der Waals surface area contributed by atoms with Crippen molar-refractivity contribution in [2.45, 2.75) is 12.1 Å². The molecular weight excluding hydrogens is 729 g/mol. The van der Waals surface area contributed by atoms with Gasteiger partial charge in [-0.15, -0.1) is 10.2 Å². The Bertz CT molecular complexity index is 2510. The maximum absolute atomic E-state index is 13.3. The topological polar surface area (TPSA) is 223 Å². The van der Waals surface area contributed by atoms with Crippen LogP contribution in [0.25, 0.3) is 44.7 Å². The van der Waals surface area contributed by atoms with Crippen molar-refractivity contribution < 1.29 is 33.1 Å². The molecule has 282 valence electrons. The predicted molar refractivity (Wildman–Crippen MR) is 210 cm³/mol. The van der Waals surface area contributed by atoms with Gasteiger partial charge in [0.15, 0.2) is 11.6 Å². The Kier molecular flexibility index (Phi) is 10.6. The minimum Gasteiger partial charge on any atom is -0.496 e. The van der Waals surface area contributed by atoms with E-state index in [1.165, 1.54) is 50.6 Å². The highest BCUT2D eigenvalue weighted by molar-refractivity contribution is 6.13. The molecule has 2 amide bonds. The van der Waals surface area contributed by atoms with Crippen molar-refractivity contribution in [1.82, 2.24) is 30.8 Å². The van der Waals surface area contributed by atoms with Gasteiger partial charge in [0.2, 0.25) is 11.8 Å². The molecule has 57 heavy (non-hydrogen) atoms. The number of pyridine rings is 2. The third-order valence-electron chi connectivity index (χ3n) is 8.99. The maximum atomic E-state index is 13.3. The summed E-state index contributed by atoms with van der Waals surface area (Å²) in [4.78, 5) is 61.6. The van der Waals surface area contributed by atoms with Gasteiger partial charge in [0.25, 0.3) is 11.8 Å². The van der Waals surface area contributed by atoms with Crippen LogP contribution < -0.4 is 20.1 Å². The molecule has 0 radical (unpaired) electrons. The number of ketones is 2. The fraction of sp³-hybridized carbons (Fsp3) is 0.0952. The van der Waals surface area contributed by atoms with Crippen molar-refractivity contribution in [1.29, 1.82) is 10.8 Å². The van der Waals surface area contributed by atoms with Crippen LogP contribution in [0.1, 0.15) is 41.7 Å². The van der Waals surface area contributed by atoms with Crippen LogP contribution in [0, 0.1) is 10.8 Å². The Morgan fingerprint density at radius 1 is 0.596 bits per heavy atom. The molecule has 4 N–H and O–H groups in total. The summed E-state index contributed by atoms with van der Waals surface area (Å²) in [7, 11) is 2.97. The molecule has 0 fully saturated rings. The van der Waals surface area contributed by atoms with Gasteiger partial charge in [0.1, 0.15) is 35.0 Å². The van der Waals surface area contributed by atoms with Gasteiger partial charge in [-0.05, 0) is 48.5 Å². The molecule has 3 heterocycles. The summed E-state index contributed by atoms with van der Waals surface area (Å²) in [6.07, 6.45) is 1.69. The fourth-order valence-corrected chi connectivity index (χ4v) is 6.02. The number of hydrogen-bond acceptors (Lipinski definition) is 13.